The molecule has 0 aliphatic rings. The molecule has 0 spiro atoms. The zero-order valence-corrected chi connectivity index (χ0v) is 22.1. The molecule has 0 amide bonds. The number of halogens is 1. The van der Waals surface area contributed by atoms with Crippen LogP contribution in [0.2, 0.25) is 0 Å². The lowest BCUT2D eigenvalue weighted by atomic mass is 9.98. The van der Waals surface area contributed by atoms with Gasteiger partial charge in [0.25, 0.3) is 0 Å². The zero-order valence-electron chi connectivity index (χ0n) is 22.1. The minimum Gasteiger partial charge on any atom is -0.337 e. The average molecular weight is 472 g/mol. The number of hydrogen-bond donors (Lipinski definition) is 0. The summed E-state index contributed by atoms with van der Waals surface area (Å²) in [4.78, 5) is 2.11. The topological polar surface area (TPSA) is 3.24 Å². The average Bonchev–Trinajstić information content (AvgIpc) is 2.88. The Bertz CT molecular complexity index is 1000. The van der Waals surface area contributed by atoms with Gasteiger partial charge in [-0.3, -0.25) is 0 Å². The Morgan fingerprint density at radius 1 is 0.857 bits per heavy atom. The van der Waals surface area contributed by atoms with Crippen molar-refractivity contribution < 1.29 is 4.39 Å². The Kier molecular flexibility index (Phi) is 15.9. The quantitative estimate of drug-likeness (QED) is 0.310. The largest absolute Gasteiger partial charge is 0.337 e. The van der Waals surface area contributed by atoms with Crippen molar-refractivity contribution in [2.75, 3.05) is 11.4 Å². The normalized spacial score (nSPS) is 10.1. The molecule has 35 heavy (non-hydrogen) atoms. The molecule has 0 aliphatic carbocycles. The van der Waals surface area contributed by atoms with Crippen molar-refractivity contribution in [2.24, 2.45) is 5.92 Å². The standard InChI is InChI=1S/C16H16FN.C13H18.2C2H4/c1-13(2)12-18(15-6-4-3-5-7-15)16-10-8-14(17)9-11-16;1-5-10(2)8-13-7-6-11(3)12(4)9-13;2*1-2/h3-11H,1,12H2,2H3;5-7,9-10H,1,8H2,2-4H3;2*1-2H2. The Labute approximate surface area is 213 Å². The predicted molar refractivity (Wildman–Crippen MR) is 156 cm³/mol. The van der Waals surface area contributed by atoms with E-state index in [-0.39, 0.29) is 5.82 Å². The lowest BCUT2D eigenvalue weighted by Crippen LogP contribution is -2.18. The van der Waals surface area contributed by atoms with Gasteiger partial charge in [-0.25, -0.2) is 4.39 Å². The molecule has 3 aromatic carbocycles. The van der Waals surface area contributed by atoms with E-state index in [4.69, 9.17) is 0 Å². The van der Waals surface area contributed by atoms with Crippen molar-refractivity contribution in [2.45, 2.75) is 34.1 Å². The summed E-state index contributed by atoms with van der Waals surface area (Å²) in [5, 5.41) is 0. The number of aryl methyl sites for hydroxylation is 2. The van der Waals surface area contributed by atoms with Gasteiger partial charge in [-0.05, 0) is 86.2 Å². The second kappa shape index (κ2) is 17.8. The molecule has 0 fully saturated rings. The minimum absolute atomic E-state index is 0.220. The molecular weight excluding hydrogens is 429 g/mol. The monoisotopic (exact) mass is 471 g/mol. The van der Waals surface area contributed by atoms with Crippen LogP contribution in [-0.2, 0) is 6.42 Å². The van der Waals surface area contributed by atoms with Gasteiger partial charge in [0, 0.05) is 17.9 Å². The number of hydrogen-bond acceptors (Lipinski definition) is 1. The summed E-state index contributed by atoms with van der Waals surface area (Å²) in [5.74, 6) is 0.351. The zero-order chi connectivity index (χ0) is 26.8. The number of benzene rings is 3. The van der Waals surface area contributed by atoms with E-state index < -0.39 is 0 Å². The molecule has 1 nitrogen and oxygen atoms in total. The van der Waals surface area contributed by atoms with Crippen LogP contribution < -0.4 is 4.90 Å². The summed E-state index contributed by atoms with van der Waals surface area (Å²) >= 11 is 0. The Morgan fingerprint density at radius 2 is 1.40 bits per heavy atom. The maximum absolute atomic E-state index is 13.0. The second-order valence-electron chi connectivity index (χ2n) is 8.19. The van der Waals surface area contributed by atoms with Crippen molar-refractivity contribution >= 4 is 11.4 Å². The van der Waals surface area contributed by atoms with Gasteiger partial charge in [0.05, 0.1) is 0 Å². The SMILES string of the molecule is C=C.C=C.C=C(C)CN(c1ccccc1)c1ccc(F)cc1.C=CC(C)Cc1ccc(C)c(C)c1. The Hall–Kier alpha value is -3.65. The summed E-state index contributed by atoms with van der Waals surface area (Å²) in [5.41, 5.74) is 7.26. The smallest absolute Gasteiger partial charge is 0.123 e. The molecule has 186 valence electrons. The van der Waals surface area contributed by atoms with E-state index in [9.17, 15) is 4.39 Å². The van der Waals surface area contributed by atoms with E-state index in [1.165, 1.54) is 28.8 Å². The lowest BCUT2D eigenvalue weighted by Gasteiger charge is -2.25. The maximum Gasteiger partial charge on any atom is 0.123 e. The second-order valence-corrected chi connectivity index (χ2v) is 8.19. The van der Waals surface area contributed by atoms with Crippen LogP contribution in [0.1, 0.15) is 30.5 Å². The number of allylic oxidation sites excluding steroid dienone is 1. The van der Waals surface area contributed by atoms with Crippen LogP contribution in [0.4, 0.5) is 15.8 Å². The van der Waals surface area contributed by atoms with Crippen LogP contribution in [0.3, 0.4) is 0 Å². The van der Waals surface area contributed by atoms with E-state index in [1.54, 1.807) is 12.1 Å². The van der Waals surface area contributed by atoms with Crippen molar-refractivity contribution in [3.8, 4) is 0 Å². The van der Waals surface area contributed by atoms with Gasteiger partial charge in [0.2, 0.25) is 0 Å². The number of rotatable bonds is 7. The third kappa shape index (κ3) is 11.9. The molecule has 0 aromatic heterocycles. The summed E-state index contributed by atoms with van der Waals surface area (Å²) in [6.45, 7) is 29.0. The van der Waals surface area contributed by atoms with E-state index in [0.29, 0.717) is 5.92 Å². The van der Waals surface area contributed by atoms with Crippen molar-refractivity contribution in [3.63, 3.8) is 0 Å². The molecule has 0 saturated carbocycles. The first-order chi connectivity index (χ1) is 16.8. The first kappa shape index (κ1) is 31.4. The van der Waals surface area contributed by atoms with Gasteiger partial charge in [-0.1, -0.05) is 61.5 Å². The van der Waals surface area contributed by atoms with Gasteiger partial charge in [0.15, 0.2) is 0 Å². The van der Waals surface area contributed by atoms with Gasteiger partial charge in [-0.15, -0.1) is 32.9 Å². The summed E-state index contributed by atoms with van der Waals surface area (Å²) < 4.78 is 13.0. The van der Waals surface area contributed by atoms with Crippen molar-refractivity contribution in [3.05, 3.63) is 146 Å². The first-order valence-corrected chi connectivity index (χ1v) is 11.7. The summed E-state index contributed by atoms with van der Waals surface area (Å²) in [6, 6.07) is 23.2. The van der Waals surface area contributed by atoms with Gasteiger partial charge >= 0.3 is 0 Å². The molecule has 0 N–H and O–H groups in total. The molecule has 1 atom stereocenters. The number of nitrogens with zero attached hydrogens (tertiary/aromatic N) is 1. The third-order valence-corrected chi connectivity index (χ3v) is 5.17. The third-order valence-electron chi connectivity index (χ3n) is 5.17. The van der Waals surface area contributed by atoms with Crippen molar-refractivity contribution in [1.29, 1.82) is 0 Å². The minimum atomic E-state index is -0.220. The molecule has 0 radical (unpaired) electrons. The first-order valence-electron chi connectivity index (χ1n) is 11.7. The molecule has 0 saturated heterocycles. The fraction of sp³-hybridized carbons (Fsp3) is 0.212. The van der Waals surface area contributed by atoms with Gasteiger partial charge < -0.3 is 4.90 Å². The highest BCUT2D eigenvalue weighted by Gasteiger charge is 2.09. The molecule has 1 unspecified atom stereocenters. The fourth-order valence-corrected chi connectivity index (χ4v) is 3.22. The molecule has 2 heteroatoms. The van der Waals surface area contributed by atoms with Crippen LogP contribution >= 0.6 is 0 Å². The van der Waals surface area contributed by atoms with Crippen LogP contribution in [0.5, 0.6) is 0 Å². The van der Waals surface area contributed by atoms with Crippen LogP contribution in [0.25, 0.3) is 0 Å². The van der Waals surface area contributed by atoms with E-state index in [0.717, 1.165) is 29.9 Å². The number of anilines is 2. The van der Waals surface area contributed by atoms with E-state index >= 15 is 0 Å². The lowest BCUT2D eigenvalue weighted by molar-refractivity contribution is 0.628. The molecule has 0 aliphatic heterocycles. The summed E-state index contributed by atoms with van der Waals surface area (Å²) in [7, 11) is 0. The van der Waals surface area contributed by atoms with Gasteiger partial charge in [0.1, 0.15) is 5.82 Å². The fourth-order valence-electron chi connectivity index (χ4n) is 3.22. The molecular formula is C33H42FN. The maximum atomic E-state index is 13.0. The van der Waals surface area contributed by atoms with E-state index in [1.807, 2.05) is 43.3 Å². The highest BCUT2D eigenvalue weighted by Crippen LogP contribution is 2.26. The van der Waals surface area contributed by atoms with Crippen LogP contribution in [0, 0.1) is 25.6 Å². The number of para-hydroxylation sites is 1. The van der Waals surface area contributed by atoms with Crippen LogP contribution in [-0.4, -0.2) is 6.54 Å². The molecule has 3 rings (SSSR count). The van der Waals surface area contributed by atoms with Crippen molar-refractivity contribution in [1.82, 2.24) is 0 Å². The van der Waals surface area contributed by atoms with Gasteiger partial charge in [-0.2, -0.15) is 0 Å². The summed E-state index contributed by atoms with van der Waals surface area (Å²) in [6.07, 6.45) is 3.11. The van der Waals surface area contributed by atoms with E-state index in [2.05, 4.69) is 83.3 Å². The Morgan fingerprint density at radius 3 is 1.89 bits per heavy atom. The molecule has 0 heterocycles. The Balaban J connectivity index is 0.000000602. The van der Waals surface area contributed by atoms with Crippen LogP contribution in [0.15, 0.2) is 124 Å². The highest BCUT2D eigenvalue weighted by molar-refractivity contribution is 5.63. The predicted octanol–water partition coefficient (Wildman–Crippen LogP) is 9.81. The molecule has 3 aromatic rings. The molecule has 0 bridgehead atoms. The highest BCUT2D eigenvalue weighted by atomic mass is 19.1.